The summed E-state index contributed by atoms with van der Waals surface area (Å²) in [6, 6.07) is 6.49. The molecule has 116 valence electrons. The van der Waals surface area contributed by atoms with Crippen molar-refractivity contribution in [2.75, 3.05) is 6.61 Å². The van der Waals surface area contributed by atoms with Crippen LogP contribution in [-0.4, -0.2) is 12.2 Å². The molecule has 3 N–H and O–H groups in total. The van der Waals surface area contributed by atoms with E-state index in [1.54, 1.807) is 0 Å². The number of ether oxygens (including phenoxy) is 1. The van der Waals surface area contributed by atoms with E-state index in [2.05, 4.69) is 55.5 Å². The van der Waals surface area contributed by atoms with E-state index in [-0.39, 0.29) is 11.6 Å². The van der Waals surface area contributed by atoms with E-state index in [0.29, 0.717) is 5.92 Å². The fraction of sp³-hybridized carbons (Fsp3) is 0.625. The Morgan fingerprint density at radius 2 is 2.05 bits per heavy atom. The summed E-state index contributed by atoms with van der Waals surface area (Å²) in [7, 11) is 0. The molecule has 2 aliphatic rings. The molecular weight excluding hydrogens is 396 g/mol. The van der Waals surface area contributed by atoms with Crippen LogP contribution in [0.3, 0.4) is 0 Å². The second kappa shape index (κ2) is 6.67. The molecule has 0 radical (unpaired) electrons. The first-order valence-electron chi connectivity index (χ1n) is 7.69. The molecule has 1 aromatic rings. The minimum absolute atomic E-state index is 0.125. The molecule has 0 amide bonds. The molecule has 2 atom stereocenters. The van der Waals surface area contributed by atoms with Crippen molar-refractivity contribution in [2.45, 2.75) is 50.2 Å². The van der Waals surface area contributed by atoms with Crippen LogP contribution in [0.2, 0.25) is 0 Å². The zero-order chi connectivity index (χ0) is 14.9. The van der Waals surface area contributed by atoms with E-state index in [0.717, 1.165) is 28.4 Å². The average Bonchev–Trinajstić information content (AvgIpc) is 2.90. The van der Waals surface area contributed by atoms with E-state index >= 15 is 0 Å². The Morgan fingerprint density at radius 1 is 1.29 bits per heavy atom. The van der Waals surface area contributed by atoms with Gasteiger partial charge >= 0.3 is 0 Å². The van der Waals surface area contributed by atoms with Gasteiger partial charge in [-0.3, -0.25) is 11.3 Å². The summed E-state index contributed by atoms with van der Waals surface area (Å²) in [5.41, 5.74) is 4.42. The van der Waals surface area contributed by atoms with Gasteiger partial charge in [-0.15, -0.1) is 0 Å². The van der Waals surface area contributed by atoms with Crippen LogP contribution in [0.1, 0.15) is 50.1 Å². The highest BCUT2D eigenvalue weighted by Gasteiger charge is 2.42. The second-order valence-corrected chi connectivity index (χ2v) is 8.07. The van der Waals surface area contributed by atoms with Crippen molar-refractivity contribution in [3.05, 3.63) is 32.7 Å². The molecule has 2 unspecified atom stereocenters. The summed E-state index contributed by atoms with van der Waals surface area (Å²) < 4.78 is 8.33. The third kappa shape index (κ3) is 3.37. The molecule has 21 heavy (non-hydrogen) atoms. The summed E-state index contributed by atoms with van der Waals surface area (Å²) in [6.07, 6.45) is 7.21. The van der Waals surface area contributed by atoms with Crippen molar-refractivity contribution < 1.29 is 4.74 Å². The predicted octanol–water partition coefficient (Wildman–Crippen LogP) is 4.46. The normalized spacial score (nSPS) is 26.1. The lowest BCUT2D eigenvalue weighted by atomic mass is 9.79. The van der Waals surface area contributed by atoms with Crippen molar-refractivity contribution in [3.8, 4) is 0 Å². The Hall–Kier alpha value is 0.0600. The number of rotatable bonds is 3. The van der Waals surface area contributed by atoms with Crippen LogP contribution in [0, 0.1) is 5.92 Å². The molecule has 1 aliphatic heterocycles. The first kappa shape index (κ1) is 15.9. The lowest BCUT2D eigenvalue weighted by molar-refractivity contribution is -0.0982. The van der Waals surface area contributed by atoms with Crippen molar-refractivity contribution in [3.63, 3.8) is 0 Å². The van der Waals surface area contributed by atoms with Gasteiger partial charge in [0.1, 0.15) is 0 Å². The highest BCUT2D eigenvalue weighted by molar-refractivity contribution is 9.11. The van der Waals surface area contributed by atoms with Crippen LogP contribution < -0.4 is 11.3 Å². The summed E-state index contributed by atoms with van der Waals surface area (Å²) >= 11 is 7.18. The lowest BCUT2D eigenvalue weighted by Gasteiger charge is -2.41. The van der Waals surface area contributed by atoms with E-state index in [4.69, 9.17) is 10.6 Å². The summed E-state index contributed by atoms with van der Waals surface area (Å²) in [6.45, 7) is 0.858. The van der Waals surface area contributed by atoms with Crippen LogP contribution in [0.15, 0.2) is 27.1 Å². The SMILES string of the molecule is NNC(c1ccc(Br)cc1Br)C1CCOC2(CCCC2)C1. The zero-order valence-corrected chi connectivity index (χ0v) is 15.3. The first-order chi connectivity index (χ1) is 10.1. The zero-order valence-electron chi connectivity index (χ0n) is 12.1. The minimum Gasteiger partial charge on any atom is -0.375 e. The molecule has 5 heteroatoms. The number of benzene rings is 1. The first-order valence-corrected chi connectivity index (χ1v) is 9.27. The summed E-state index contributed by atoms with van der Waals surface area (Å²) in [4.78, 5) is 0. The largest absolute Gasteiger partial charge is 0.375 e. The smallest absolute Gasteiger partial charge is 0.0686 e. The fourth-order valence-corrected chi connectivity index (χ4v) is 5.25. The number of hydrazine groups is 1. The van der Waals surface area contributed by atoms with Gasteiger partial charge in [0.25, 0.3) is 0 Å². The molecule has 0 bridgehead atoms. The maximum absolute atomic E-state index is 6.15. The van der Waals surface area contributed by atoms with Gasteiger partial charge in [0, 0.05) is 15.6 Å². The van der Waals surface area contributed by atoms with Gasteiger partial charge in [0.05, 0.1) is 11.6 Å². The summed E-state index contributed by atoms with van der Waals surface area (Å²) in [5.74, 6) is 6.43. The maximum Gasteiger partial charge on any atom is 0.0686 e. The van der Waals surface area contributed by atoms with Gasteiger partial charge in [-0.25, -0.2) is 0 Å². The number of hydrogen-bond donors (Lipinski definition) is 2. The van der Waals surface area contributed by atoms with Gasteiger partial charge in [0.15, 0.2) is 0 Å². The van der Waals surface area contributed by atoms with E-state index < -0.39 is 0 Å². The monoisotopic (exact) mass is 416 g/mol. The molecule has 1 aliphatic carbocycles. The lowest BCUT2D eigenvalue weighted by Crippen LogP contribution is -2.43. The Bertz CT molecular complexity index is 503. The molecule has 1 saturated heterocycles. The van der Waals surface area contributed by atoms with E-state index in [9.17, 15) is 0 Å². The Morgan fingerprint density at radius 3 is 2.71 bits per heavy atom. The maximum atomic E-state index is 6.15. The Kier molecular flexibility index (Phi) is 5.06. The second-order valence-electron chi connectivity index (χ2n) is 6.30. The third-order valence-electron chi connectivity index (χ3n) is 4.99. The number of nitrogens with two attached hydrogens (primary N) is 1. The quantitative estimate of drug-likeness (QED) is 0.563. The molecular formula is C16H22Br2N2O. The van der Waals surface area contributed by atoms with Gasteiger partial charge in [0.2, 0.25) is 0 Å². The van der Waals surface area contributed by atoms with Crippen LogP contribution in [0.5, 0.6) is 0 Å². The third-order valence-corrected chi connectivity index (χ3v) is 6.17. The predicted molar refractivity (Wildman–Crippen MR) is 91.8 cm³/mol. The van der Waals surface area contributed by atoms with Crippen molar-refractivity contribution >= 4 is 31.9 Å². The molecule has 1 heterocycles. The molecule has 0 aromatic heterocycles. The van der Waals surface area contributed by atoms with Crippen molar-refractivity contribution in [1.29, 1.82) is 0 Å². The topological polar surface area (TPSA) is 47.3 Å². The van der Waals surface area contributed by atoms with Gasteiger partial charge in [-0.2, -0.15) is 0 Å². The van der Waals surface area contributed by atoms with E-state index in [1.807, 2.05) is 0 Å². The highest BCUT2D eigenvalue weighted by atomic mass is 79.9. The average molecular weight is 418 g/mol. The van der Waals surface area contributed by atoms with Gasteiger partial charge < -0.3 is 4.74 Å². The van der Waals surface area contributed by atoms with Crippen molar-refractivity contribution in [2.24, 2.45) is 11.8 Å². The molecule has 2 fully saturated rings. The van der Waals surface area contributed by atoms with Gasteiger partial charge in [-0.1, -0.05) is 50.8 Å². The van der Waals surface area contributed by atoms with Crippen LogP contribution in [0.25, 0.3) is 0 Å². The Balaban J connectivity index is 1.82. The highest BCUT2D eigenvalue weighted by Crippen LogP contribution is 2.46. The number of halogens is 2. The minimum atomic E-state index is 0.125. The molecule has 3 nitrogen and oxygen atoms in total. The molecule has 1 spiro atoms. The Labute approximate surface area is 143 Å². The fourth-order valence-electron chi connectivity index (χ4n) is 3.95. The molecule has 3 rings (SSSR count). The van der Waals surface area contributed by atoms with E-state index in [1.165, 1.54) is 31.2 Å². The van der Waals surface area contributed by atoms with Crippen LogP contribution >= 0.6 is 31.9 Å². The summed E-state index contributed by atoms with van der Waals surface area (Å²) in [5, 5.41) is 0. The number of hydrogen-bond acceptors (Lipinski definition) is 3. The molecule has 1 aromatic carbocycles. The van der Waals surface area contributed by atoms with Gasteiger partial charge in [-0.05, 0) is 49.3 Å². The standard InChI is InChI=1S/C16H22Br2N2O/c17-12-3-4-13(14(18)9-12)15(20-19)11-5-8-21-16(10-11)6-1-2-7-16/h3-4,9,11,15,20H,1-2,5-8,10,19H2. The van der Waals surface area contributed by atoms with Crippen LogP contribution in [0.4, 0.5) is 0 Å². The molecule has 1 saturated carbocycles. The number of nitrogens with one attached hydrogen (secondary N) is 1. The van der Waals surface area contributed by atoms with Crippen LogP contribution in [-0.2, 0) is 4.74 Å². The van der Waals surface area contributed by atoms with Crippen molar-refractivity contribution in [1.82, 2.24) is 5.43 Å².